The number of nitrogens with zero attached hydrogens (tertiary/aromatic N) is 3. The molecule has 2 amide bonds. The fourth-order valence-corrected chi connectivity index (χ4v) is 4.60. The summed E-state index contributed by atoms with van der Waals surface area (Å²) in [5.74, 6) is -1.08. The number of anilines is 2. The molecule has 9 heteroatoms. The highest BCUT2D eigenvalue weighted by atomic mass is 32.2. The first-order chi connectivity index (χ1) is 13.3. The molecular formula is C19H16FN3O2S3. The topological polar surface area (TPSA) is 53.5 Å². The number of carbonyl (C=O) groups is 2. The third-order valence-corrected chi connectivity index (χ3v) is 5.91. The summed E-state index contributed by atoms with van der Waals surface area (Å²) in [7, 11) is 0. The van der Waals surface area contributed by atoms with E-state index in [4.69, 9.17) is 12.2 Å². The molecule has 144 valence electrons. The average Bonchev–Trinajstić information content (AvgIpc) is 3.17. The number of benzene rings is 1. The van der Waals surface area contributed by atoms with Crippen molar-refractivity contribution in [3.05, 3.63) is 58.2 Å². The molecule has 28 heavy (non-hydrogen) atoms. The van der Waals surface area contributed by atoms with Crippen LogP contribution in [0.5, 0.6) is 0 Å². The second kappa shape index (κ2) is 8.34. The van der Waals surface area contributed by atoms with Crippen LogP contribution in [-0.4, -0.2) is 32.6 Å². The van der Waals surface area contributed by atoms with Gasteiger partial charge in [0.1, 0.15) is 10.1 Å². The van der Waals surface area contributed by atoms with Crippen LogP contribution in [0.1, 0.15) is 19.5 Å². The van der Waals surface area contributed by atoms with Crippen molar-refractivity contribution in [2.24, 2.45) is 0 Å². The SMILES string of the molecule is C=C(C)CN1C(=O)/C(=C\c2csc(N(C(C)=O)c3ccccc3F)n2)SC1=S. The van der Waals surface area contributed by atoms with Gasteiger partial charge in [-0.15, -0.1) is 11.3 Å². The van der Waals surface area contributed by atoms with E-state index in [2.05, 4.69) is 11.6 Å². The summed E-state index contributed by atoms with van der Waals surface area (Å²) in [4.78, 5) is 32.2. The number of thiazole rings is 1. The van der Waals surface area contributed by atoms with Gasteiger partial charge in [0.2, 0.25) is 5.91 Å². The minimum atomic E-state index is -0.518. The first-order valence-corrected chi connectivity index (χ1v) is 10.3. The van der Waals surface area contributed by atoms with Gasteiger partial charge in [-0.2, -0.15) is 0 Å². The predicted octanol–water partition coefficient (Wildman–Crippen LogP) is 4.74. The monoisotopic (exact) mass is 433 g/mol. The van der Waals surface area contributed by atoms with Crippen LogP contribution >= 0.6 is 35.3 Å². The maximum atomic E-state index is 14.2. The fraction of sp³-hybridized carbons (Fsp3) is 0.158. The van der Waals surface area contributed by atoms with Gasteiger partial charge >= 0.3 is 0 Å². The van der Waals surface area contributed by atoms with Crippen LogP contribution in [0.4, 0.5) is 15.2 Å². The van der Waals surface area contributed by atoms with Gasteiger partial charge in [0.15, 0.2) is 5.13 Å². The second-order valence-electron chi connectivity index (χ2n) is 6.09. The van der Waals surface area contributed by atoms with Gasteiger partial charge in [-0.3, -0.25) is 19.4 Å². The Kier molecular flexibility index (Phi) is 6.07. The molecule has 1 aliphatic heterocycles. The van der Waals surface area contributed by atoms with Crippen molar-refractivity contribution in [3.8, 4) is 0 Å². The number of halogens is 1. The molecule has 5 nitrogen and oxygen atoms in total. The summed E-state index contributed by atoms with van der Waals surface area (Å²) in [6.45, 7) is 7.35. The number of hydrogen-bond acceptors (Lipinski definition) is 6. The largest absolute Gasteiger partial charge is 0.289 e. The van der Waals surface area contributed by atoms with E-state index in [0.29, 0.717) is 26.6 Å². The fourth-order valence-electron chi connectivity index (χ4n) is 2.53. The van der Waals surface area contributed by atoms with E-state index in [1.54, 1.807) is 23.6 Å². The summed E-state index contributed by atoms with van der Waals surface area (Å²) < 4.78 is 14.6. The van der Waals surface area contributed by atoms with Crippen LogP contribution in [0.15, 0.2) is 46.7 Å². The zero-order valence-electron chi connectivity index (χ0n) is 15.1. The molecule has 1 aromatic carbocycles. The van der Waals surface area contributed by atoms with Gasteiger partial charge in [0.05, 0.1) is 16.3 Å². The number of rotatable bonds is 5. The lowest BCUT2D eigenvalue weighted by atomic mass is 10.3. The zero-order chi connectivity index (χ0) is 20.4. The molecule has 0 bridgehead atoms. The first kappa shape index (κ1) is 20.4. The summed E-state index contributed by atoms with van der Waals surface area (Å²) in [5.41, 5.74) is 1.46. The quantitative estimate of drug-likeness (QED) is 0.387. The highest BCUT2D eigenvalue weighted by molar-refractivity contribution is 8.26. The standard InChI is InChI=1S/C19H16FN3O2S3/c1-11(2)9-22-17(25)16(28-19(22)26)8-13-10-27-18(21-13)23(12(3)24)15-7-5-4-6-14(15)20/h4-8,10H,1,9H2,2-3H3/b16-8+. The van der Waals surface area contributed by atoms with Gasteiger partial charge in [-0.1, -0.05) is 48.3 Å². The molecule has 1 aliphatic rings. The maximum absolute atomic E-state index is 14.2. The Hall–Kier alpha value is -2.36. The number of carbonyl (C=O) groups excluding carboxylic acids is 2. The van der Waals surface area contributed by atoms with E-state index in [1.165, 1.54) is 52.0 Å². The van der Waals surface area contributed by atoms with Gasteiger partial charge in [0, 0.05) is 18.8 Å². The van der Waals surface area contributed by atoms with Gasteiger partial charge in [-0.05, 0) is 25.1 Å². The third kappa shape index (κ3) is 4.21. The molecular weight excluding hydrogens is 417 g/mol. The highest BCUT2D eigenvalue weighted by Gasteiger charge is 2.32. The molecule has 0 unspecified atom stereocenters. The minimum absolute atomic E-state index is 0.128. The number of thiocarbonyl (C=S) groups is 1. The summed E-state index contributed by atoms with van der Waals surface area (Å²) in [5, 5.41) is 2.03. The van der Waals surface area contributed by atoms with Crippen molar-refractivity contribution in [1.29, 1.82) is 0 Å². The molecule has 0 radical (unpaired) electrons. The number of aromatic nitrogens is 1. The molecule has 0 N–H and O–H groups in total. The smallest absolute Gasteiger partial charge is 0.266 e. The van der Waals surface area contributed by atoms with E-state index in [-0.39, 0.29) is 17.5 Å². The first-order valence-electron chi connectivity index (χ1n) is 8.18. The Bertz CT molecular complexity index is 1020. The lowest BCUT2D eigenvalue weighted by molar-refractivity contribution is -0.121. The van der Waals surface area contributed by atoms with Crippen LogP contribution < -0.4 is 4.90 Å². The molecule has 3 rings (SSSR count). The Balaban J connectivity index is 1.89. The summed E-state index contributed by atoms with van der Waals surface area (Å²) >= 11 is 7.64. The lowest BCUT2D eigenvalue weighted by Gasteiger charge is -2.18. The van der Waals surface area contributed by atoms with Crippen molar-refractivity contribution >= 4 is 68.3 Å². The van der Waals surface area contributed by atoms with Gasteiger partial charge < -0.3 is 0 Å². The molecule has 0 spiro atoms. The molecule has 1 fully saturated rings. The molecule has 1 aromatic heterocycles. The molecule has 1 saturated heterocycles. The third-order valence-electron chi connectivity index (χ3n) is 3.69. The van der Waals surface area contributed by atoms with Crippen molar-refractivity contribution in [3.63, 3.8) is 0 Å². The predicted molar refractivity (Wildman–Crippen MR) is 116 cm³/mol. The average molecular weight is 434 g/mol. The van der Waals surface area contributed by atoms with Crippen molar-refractivity contribution < 1.29 is 14.0 Å². The Labute approximate surface area is 175 Å². The normalized spacial score (nSPS) is 15.4. The van der Waals surface area contributed by atoms with Crippen LogP contribution in [0, 0.1) is 5.82 Å². The number of thioether (sulfide) groups is 1. The van der Waals surface area contributed by atoms with Crippen molar-refractivity contribution in [2.45, 2.75) is 13.8 Å². The van der Waals surface area contributed by atoms with Crippen LogP contribution in [-0.2, 0) is 9.59 Å². The van der Waals surface area contributed by atoms with E-state index >= 15 is 0 Å². The second-order valence-corrected chi connectivity index (χ2v) is 8.60. The van der Waals surface area contributed by atoms with E-state index < -0.39 is 5.82 Å². The number of hydrogen-bond donors (Lipinski definition) is 0. The minimum Gasteiger partial charge on any atom is -0.289 e. The van der Waals surface area contributed by atoms with E-state index in [1.807, 2.05) is 6.92 Å². The number of amides is 2. The Morgan fingerprint density at radius 1 is 1.39 bits per heavy atom. The maximum Gasteiger partial charge on any atom is 0.266 e. The Morgan fingerprint density at radius 3 is 2.75 bits per heavy atom. The van der Waals surface area contributed by atoms with Gasteiger partial charge in [-0.25, -0.2) is 9.37 Å². The summed E-state index contributed by atoms with van der Waals surface area (Å²) in [6, 6.07) is 6.00. The molecule has 0 saturated carbocycles. The summed E-state index contributed by atoms with van der Waals surface area (Å²) in [6.07, 6.45) is 1.62. The van der Waals surface area contributed by atoms with Crippen LogP contribution in [0.25, 0.3) is 6.08 Å². The Morgan fingerprint density at radius 2 is 2.11 bits per heavy atom. The van der Waals surface area contributed by atoms with Crippen LogP contribution in [0.3, 0.4) is 0 Å². The molecule has 0 aliphatic carbocycles. The van der Waals surface area contributed by atoms with Crippen molar-refractivity contribution in [1.82, 2.24) is 9.88 Å². The lowest BCUT2D eigenvalue weighted by Crippen LogP contribution is -2.29. The van der Waals surface area contributed by atoms with E-state index in [0.717, 1.165) is 5.57 Å². The van der Waals surface area contributed by atoms with Crippen molar-refractivity contribution in [2.75, 3.05) is 11.4 Å². The zero-order valence-corrected chi connectivity index (χ0v) is 17.6. The van der Waals surface area contributed by atoms with Crippen LogP contribution in [0.2, 0.25) is 0 Å². The van der Waals surface area contributed by atoms with E-state index in [9.17, 15) is 14.0 Å². The molecule has 2 heterocycles. The number of para-hydroxylation sites is 1. The highest BCUT2D eigenvalue weighted by Crippen LogP contribution is 2.35. The van der Waals surface area contributed by atoms with Gasteiger partial charge in [0.25, 0.3) is 5.91 Å². The molecule has 2 aromatic rings. The molecule has 0 atom stereocenters.